The molecule has 1 aromatic rings. The number of nitro benzene ring substituents is 1. The number of hydrogen-bond acceptors (Lipinski definition) is 7. The first kappa shape index (κ1) is 22.1. The predicted octanol–water partition coefficient (Wildman–Crippen LogP) is 0.205. The molecular formula is C14H21ClN4O6S. The summed E-state index contributed by atoms with van der Waals surface area (Å²) in [5.41, 5.74) is 5.13. The summed E-state index contributed by atoms with van der Waals surface area (Å²) in [6.07, 6.45) is 0. The lowest BCUT2D eigenvalue weighted by Gasteiger charge is -2.34. The predicted molar refractivity (Wildman–Crippen MR) is 95.9 cm³/mol. The third-order valence-corrected chi connectivity index (χ3v) is 5.82. The maximum atomic E-state index is 12.7. The zero-order valence-electron chi connectivity index (χ0n) is 14.3. The van der Waals surface area contributed by atoms with Gasteiger partial charge in [-0.3, -0.25) is 14.9 Å². The van der Waals surface area contributed by atoms with Crippen LogP contribution in [0.5, 0.6) is 5.75 Å². The number of methoxy groups -OCH3 is 1. The topological polar surface area (TPSA) is 136 Å². The molecular weight excluding hydrogens is 388 g/mol. The molecule has 1 heterocycles. The zero-order chi connectivity index (χ0) is 18.8. The Labute approximate surface area is 157 Å². The molecule has 26 heavy (non-hydrogen) atoms. The molecule has 1 aliphatic heterocycles. The standard InChI is InChI=1S/C14H20N4O6S.ClH/c1-10(15)14(19)16-5-7-17(8-6-16)25(22,23)11-3-4-13(24-2)12(9-11)18(20)21;/h3-4,9-10H,5-8,15H2,1-2H3;1H. The molecule has 1 aromatic carbocycles. The third kappa shape index (κ3) is 4.41. The fourth-order valence-electron chi connectivity index (χ4n) is 2.56. The summed E-state index contributed by atoms with van der Waals surface area (Å²) >= 11 is 0. The Morgan fingerprint density at radius 2 is 1.88 bits per heavy atom. The molecule has 1 atom stereocenters. The van der Waals surface area contributed by atoms with Crippen molar-refractivity contribution in [1.29, 1.82) is 0 Å². The van der Waals surface area contributed by atoms with Gasteiger partial charge in [-0.1, -0.05) is 0 Å². The summed E-state index contributed by atoms with van der Waals surface area (Å²) in [6.45, 7) is 2.21. The number of rotatable bonds is 5. The van der Waals surface area contributed by atoms with Crippen LogP contribution in [-0.4, -0.2) is 67.8 Å². The van der Waals surface area contributed by atoms with Crippen molar-refractivity contribution in [2.45, 2.75) is 17.9 Å². The highest BCUT2D eigenvalue weighted by Crippen LogP contribution is 2.30. The molecule has 1 unspecified atom stereocenters. The average molecular weight is 409 g/mol. The van der Waals surface area contributed by atoms with Gasteiger partial charge in [-0.25, -0.2) is 8.42 Å². The van der Waals surface area contributed by atoms with E-state index in [1.54, 1.807) is 6.92 Å². The van der Waals surface area contributed by atoms with Gasteiger partial charge in [0.1, 0.15) is 0 Å². The van der Waals surface area contributed by atoms with E-state index >= 15 is 0 Å². The molecule has 0 aromatic heterocycles. The van der Waals surface area contributed by atoms with Gasteiger partial charge in [0.15, 0.2) is 5.75 Å². The molecule has 2 rings (SSSR count). The van der Waals surface area contributed by atoms with E-state index in [9.17, 15) is 23.3 Å². The second-order valence-corrected chi connectivity index (χ2v) is 7.55. The second kappa shape index (κ2) is 8.62. The van der Waals surface area contributed by atoms with Gasteiger partial charge in [0.2, 0.25) is 15.9 Å². The molecule has 146 valence electrons. The van der Waals surface area contributed by atoms with E-state index in [2.05, 4.69) is 0 Å². The fourth-order valence-corrected chi connectivity index (χ4v) is 4.00. The third-order valence-electron chi connectivity index (χ3n) is 3.92. The summed E-state index contributed by atoms with van der Waals surface area (Å²) in [6, 6.07) is 2.85. The van der Waals surface area contributed by atoms with Gasteiger partial charge < -0.3 is 15.4 Å². The number of amides is 1. The van der Waals surface area contributed by atoms with E-state index in [1.165, 1.54) is 28.4 Å². The number of benzene rings is 1. The van der Waals surface area contributed by atoms with Crippen molar-refractivity contribution in [2.24, 2.45) is 5.73 Å². The van der Waals surface area contributed by atoms with Crippen molar-refractivity contribution in [3.8, 4) is 5.75 Å². The Hall–Kier alpha value is -1.95. The Balaban J connectivity index is 0.00000338. The number of halogens is 1. The largest absolute Gasteiger partial charge is 0.490 e. The second-order valence-electron chi connectivity index (χ2n) is 5.61. The molecule has 2 N–H and O–H groups in total. The van der Waals surface area contributed by atoms with Gasteiger partial charge in [0.25, 0.3) is 0 Å². The highest BCUT2D eigenvalue weighted by Gasteiger charge is 2.32. The maximum Gasteiger partial charge on any atom is 0.312 e. The number of piperazine rings is 1. The van der Waals surface area contributed by atoms with Gasteiger partial charge in [0, 0.05) is 32.2 Å². The summed E-state index contributed by atoms with van der Waals surface area (Å²) in [4.78, 5) is 23.6. The van der Waals surface area contributed by atoms with Crippen molar-refractivity contribution in [1.82, 2.24) is 9.21 Å². The quantitative estimate of drug-likeness (QED) is 0.543. The van der Waals surface area contributed by atoms with Gasteiger partial charge in [-0.15, -0.1) is 12.4 Å². The molecule has 1 saturated heterocycles. The first-order chi connectivity index (χ1) is 11.7. The van der Waals surface area contributed by atoms with E-state index in [4.69, 9.17) is 10.5 Å². The van der Waals surface area contributed by atoms with Crippen molar-refractivity contribution in [3.63, 3.8) is 0 Å². The first-order valence-electron chi connectivity index (χ1n) is 7.55. The molecule has 1 aliphatic rings. The minimum absolute atomic E-state index is 0. The van der Waals surface area contributed by atoms with Crippen LogP contribution in [0, 0.1) is 10.1 Å². The molecule has 10 nitrogen and oxygen atoms in total. The minimum Gasteiger partial charge on any atom is -0.490 e. The molecule has 1 fully saturated rings. The molecule has 1 amide bonds. The number of nitro groups is 1. The Morgan fingerprint density at radius 1 is 1.31 bits per heavy atom. The Bertz CT molecular complexity index is 778. The Morgan fingerprint density at radius 3 is 2.35 bits per heavy atom. The highest BCUT2D eigenvalue weighted by molar-refractivity contribution is 7.89. The maximum absolute atomic E-state index is 12.7. The van der Waals surface area contributed by atoms with Crippen LogP contribution in [-0.2, 0) is 14.8 Å². The minimum atomic E-state index is -3.91. The smallest absolute Gasteiger partial charge is 0.312 e. The molecule has 12 heteroatoms. The van der Waals surface area contributed by atoms with Gasteiger partial charge in [-0.2, -0.15) is 4.31 Å². The summed E-state index contributed by atoms with van der Waals surface area (Å²) in [5.74, 6) is -0.256. The van der Waals surface area contributed by atoms with E-state index in [0.29, 0.717) is 0 Å². The summed E-state index contributed by atoms with van der Waals surface area (Å²) in [7, 11) is -2.64. The van der Waals surface area contributed by atoms with Crippen molar-refractivity contribution < 1.29 is 22.9 Å². The fraction of sp³-hybridized carbons (Fsp3) is 0.500. The summed E-state index contributed by atoms with van der Waals surface area (Å²) in [5, 5.41) is 11.1. The monoisotopic (exact) mass is 408 g/mol. The summed E-state index contributed by atoms with van der Waals surface area (Å²) < 4.78 is 31.5. The van der Waals surface area contributed by atoms with Crippen LogP contribution in [0.2, 0.25) is 0 Å². The van der Waals surface area contributed by atoms with Crippen LogP contribution in [0.4, 0.5) is 5.69 Å². The first-order valence-corrected chi connectivity index (χ1v) is 8.99. The van der Waals surface area contributed by atoms with Crippen molar-refractivity contribution in [3.05, 3.63) is 28.3 Å². The number of sulfonamides is 1. The average Bonchev–Trinajstić information content (AvgIpc) is 2.60. The van der Waals surface area contributed by atoms with E-state index in [-0.39, 0.29) is 55.1 Å². The van der Waals surface area contributed by atoms with Crippen molar-refractivity contribution >= 4 is 34.0 Å². The van der Waals surface area contributed by atoms with Gasteiger partial charge >= 0.3 is 5.69 Å². The van der Waals surface area contributed by atoms with E-state index < -0.39 is 26.7 Å². The lowest BCUT2D eigenvalue weighted by Crippen LogP contribution is -2.53. The van der Waals surface area contributed by atoms with Crippen LogP contribution in [0.1, 0.15) is 6.92 Å². The number of nitrogens with zero attached hydrogens (tertiary/aromatic N) is 3. The van der Waals surface area contributed by atoms with Gasteiger partial charge in [0.05, 0.1) is 23.0 Å². The van der Waals surface area contributed by atoms with Crippen molar-refractivity contribution in [2.75, 3.05) is 33.3 Å². The molecule has 0 spiro atoms. The van der Waals surface area contributed by atoms with Crippen LogP contribution in [0.3, 0.4) is 0 Å². The molecule has 0 radical (unpaired) electrons. The van der Waals surface area contributed by atoms with E-state index in [1.807, 2.05) is 0 Å². The lowest BCUT2D eigenvalue weighted by molar-refractivity contribution is -0.386. The van der Waals surface area contributed by atoms with Crippen LogP contribution in [0.25, 0.3) is 0 Å². The molecule has 0 saturated carbocycles. The lowest BCUT2D eigenvalue weighted by atomic mass is 10.2. The number of nitrogens with two attached hydrogens (primary N) is 1. The number of carbonyl (C=O) groups is 1. The van der Waals surface area contributed by atoms with Gasteiger partial charge in [-0.05, 0) is 19.1 Å². The van der Waals surface area contributed by atoms with Crippen LogP contribution >= 0.6 is 12.4 Å². The Kier molecular flexibility index (Phi) is 7.33. The van der Waals surface area contributed by atoms with Crippen LogP contribution in [0.15, 0.2) is 23.1 Å². The SMILES string of the molecule is COc1ccc(S(=O)(=O)N2CCN(C(=O)C(C)N)CC2)cc1[N+](=O)[O-].Cl. The molecule has 0 bridgehead atoms. The number of carbonyl (C=O) groups excluding carboxylic acids is 1. The zero-order valence-corrected chi connectivity index (χ0v) is 16.0. The highest BCUT2D eigenvalue weighted by atomic mass is 35.5. The number of ether oxygens (including phenoxy) is 1. The van der Waals surface area contributed by atoms with Crippen LogP contribution < -0.4 is 10.5 Å². The molecule has 0 aliphatic carbocycles. The number of hydrogen-bond donors (Lipinski definition) is 1. The van der Waals surface area contributed by atoms with E-state index in [0.717, 1.165) is 6.07 Å². The normalized spacial score (nSPS) is 16.5.